The zero-order chi connectivity index (χ0) is 20.4. The van der Waals surface area contributed by atoms with Crippen LogP contribution in [0.4, 0.5) is 0 Å². The van der Waals surface area contributed by atoms with Crippen LogP contribution in [-0.2, 0) is 17.7 Å². The second-order valence-electron chi connectivity index (χ2n) is 7.42. The van der Waals surface area contributed by atoms with Crippen LogP contribution in [0, 0.1) is 6.92 Å². The summed E-state index contributed by atoms with van der Waals surface area (Å²) < 4.78 is 5.77. The summed E-state index contributed by atoms with van der Waals surface area (Å²) in [6.07, 6.45) is 2.89. The average molecular weight is 412 g/mol. The third-order valence-corrected chi connectivity index (χ3v) is 6.66. The Kier molecular flexibility index (Phi) is 5.78. The second kappa shape index (κ2) is 8.47. The molecule has 4 rings (SSSR count). The van der Waals surface area contributed by atoms with Crippen LogP contribution in [0.1, 0.15) is 45.7 Å². The van der Waals surface area contributed by atoms with Crippen molar-refractivity contribution < 1.29 is 9.53 Å². The van der Waals surface area contributed by atoms with Crippen molar-refractivity contribution in [1.82, 2.24) is 14.9 Å². The standard InChI is InChI=1S/C22H25N3O3S/c1-3-18-14(2)11-19(29-18)22(27)25(12-15-7-6-10-28-15)13-20-23-17-9-5-4-8-16(17)21(26)24-20/h4-5,8-9,11,15H,3,6-7,10,12-13H2,1-2H3,(H,23,24,26)/t15-/m1/s1. The minimum absolute atomic E-state index is 0.0258. The van der Waals surface area contributed by atoms with Gasteiger partial charge in [0.05, 0.1) is 28.4 Å². The number of fused-ring (bicyclic) bond motifs is 1. The van der Waals surface area contributed by atoms with Gasteiger partial charge in [0.25, 0.3) is 11.5 Å². The number of aromatic amines is 1. The summed E-state index contributed by atoms with van der Waals surface area (Å²) in [6, 6.07) is 9.20. The summed E-state index contributed by atoms with van der Waals surface area (Å²) in [5.74, 6) is 0.452. The maximum absolute atomic E-state index is 13.3. The fraction of sp³-hybridized carbons (Fsp3) is 0.409. The molecule has 2 aromatic heterocycles. The molecule has 152 valence electrons. The number of amides is 1. The maximum atomic E-state index is 13.3. The number of rotatable bonds is 6. The van der Waals surface area contributed by atoms with E-state index in [1.54, 1.807) is 22.3 Å². The van der Waals surface area contributed by atoms with E-state index in [1.807, 2.05) is 31.2 Å². The van der Waals surface area contributed by atoms with Crippen LogP contribution in [0.15, 0.2) is 35.1 Å². The number of carbonyl (C=O) groups is 1. The van der Waals surface area contributed by atoms with E-state index >= 15 is 0 Å². The van der Waals surface area contributed by atoms with Crippen molar-refractivity contribution in [3.8, 4) is 0 Å². The summed E-state index contributed by atoms with van der Waals surface area (Å²) in [5, 5.41) is 0.551. The smallest absolute Gasteiger partial charge is 0.264 e. The van der Waals surface area contributed by atoms with Gasteiger partial charge < -0.3 is 14.6 Å². The number of nitrogens with zero attached hydrogens (tertiary/aromatic N) is 2. The van der Waals surface area contributed by atoms with Crippen molar-refractivity contribution in [2.75, 3.05) is 13.2 Å². The Bertz CT molecular complexity index is 1080. The first kappa shape index (κ1) is 19.8. The topological polar surface area (TPSA) is 75.3 Å². The first-order valence-corrected chi connectivity index (χ1v) is 10.8. The molecular weight excluding hydrogens is 386 g/mol. The van der Waals surface area contributed by atoms with Gasteiger partial charge in [0.15, 0.2) is 0 Å². The molecule has 29 heavy (non-hydrogen) atoms. The SMILES string of the molecule is CCc1sc(C(=O)N(Cc2nc3ccccc3c(=O)[nH]2)C[C@H]2CCCO2)cc1C. The predicted octanol–water partition coefficient (Wildman–Crippen LogP) is 3.68. The van der Waals surface area contributed by atoms with E-state index in [1.165, 1.54) is 4.88 Å². The van der Waals surface area contributed by atoms with Crippen LogP contribution in [0.5, 0.6) is 0 Å². The van der Waals surface area contributed by atoms with Gasteiger partial charge in [-0.1, -0.05) is 19.1 Å². The molecule has 0 aliphatic carbocycles. The largest absolute Gasteiger partial charge is 0.376 e. The molecule has 0 bridgehead atoms. The Morgan fingerprint density at radius 1 is 1.38 bits per heavy atom. The molecule has 7 heteroatoms. The number of carbonyl (C=O) groups excluding carboxylic acids is 1. The van der Waals surface area contributed by atoms with E-state index in [9.17, 15) is 9.59 Å². The van der Waals surface area contributed by atoms with Gasteiger partial charge in [-0.25, -0.2) is 4.98 Å². The summed E-state index contributed by atoms with van der Waals surface area (Å²) in [5.41, 5.74) is 1.60. The Balaban J connectivity index is 1.64. The molecule has 0 unspecified atom stereocenters. The number of hydrogen-bond acceptors (Lipinski definition) is 5. The molecule has 1 aromatic carbocycles. The Labute approximate surface area is 173 Å². The third-order valence-electron chi connectivity index (χ3n) is 5.29. The van der Waals surface area contributed by atoms with E-state index < -0.39 is 0 Å². The quantitative estimate of drug-likeness (QED) is 0.671. The van der Waals surface area contributed by atoms with Crippen LogP contribution in [0.2, 0.25) is 0 Å². The molecule has 1 aliphatic rings. The second-order valence-corrected chi connectivity index (χ2v) is 8.56. The number of hydrogen-bond donors (Lipinski definition) is 1. The lowest BCUT2D eigenvalue weighted by Crippen LogP contribution is -2.37. The lowest BCUT2D eigenvalue weighted by Gasteiger charge is -2.24. The van der Waals surface area contributed by atoms with Gasteiger partial charge in [-0.05, 0) is 49.9 Å². The summed E-state index contributed by atoms with van der Waals surface area (Å²) >= 11 is 1.55. The highest BCUT2D eigenvalue weighted by atomic mass is 32.1. The van der Waals surface area contributed by atoms with Gasteiger partial charge in [0.2, 0.25) is 0 Å². The van der Waals surface area contributed by atoms with Gasteiger partial charge >= 0.3 is 0 Å². The van der Waals surface area contributed by atoms with E-state index in [2.05, 4.69) is 16.9 Å². The van der Waals surface area contributed by atoms with Crippen molar-refractivity contribution in [2.45, 2.75) is 45.8 Å². The van der Waals surface area contributed by atoms with E-state index in [-0.39, 0.29) is 24.1 Å². The van der Waals surface area contributed by atoms with Crippen molar-refractivity contribution in [2.24, 2.45) is 0 Å². The first-order valence-electron chi connectivity index (χ1n) is 10.0. The molecule has 1 N–H and O–H groups in total. The molecule has 3 heterocycles. The van der Waals surface area contributed by atoms with E-state index in [0.717, 1.165) is 36.3 Å². The molecule has 1 saturated heterocycles. The van der Waals surface area contributed by atoms with Gasteiger partial charge in [0, 0.05) is 18.0 Å². The van der Waals surface area contributed by atoms with Crippen LogP contribution < -0.4 is 5.56 Å². The maximum Gasteiger partial charge on any atom is 0.264 e. The van der Waals surface area contributed by atoms with Crippen molar-refractivity contribution in [3.05, 3.63) is 61.8 Å². The third kappa shape index (κ3) is 4.26. The van der Waals surface area contributed by atoms with Crippen molar-refractivity contribution in [3.63, 3.8) is 0 Å². The summed E-state index contributed by atoms with van der Waals surface area (Å²) in [6.45, 7) is 5.61. The van der Waals surface area contributed by atoms with Gasteiger partial charge in [0.1, 0.15) is 5.82 Å². The molecule has 1 fully saturated rings. The fourth-order valence-electron chi connectivity index (χ4n) is 3.78. The van der Waals surface area contributed by atoms with Crippen LogP contribution in [0.25, 0.3) is 10.9 Å². The Morgan fingerprint density at radius 3 is 2.93 bits per heavy atom. The Morgan fingerprint density at radius 2 is 2.21 bits per heavy atom. The number of aryl methyl sites for hydroxylation is 2. The van der Waals surface area contributed by atoms with Gasteiger partial charge in [-0.3, -0.25) is 9.59 Å². The fourth-order valence-corrected chi connectivity index (χ4v) is 4.86. The summed E-state index contributed by atoms with van der Waals surface area (Å²) in [4.78, 5) is 36.9. The lowest BCUT2D eigenvalue weighted by atomic mass is 10.2. The van der Waals surface area contributed by atoms with E-state index in [4.69, 9.17) is 4.74 Å². The molecule has 0 spiro atoms. The minimum Gasteiger partial charge on any atom is -0.376 e. The Hall–Kier alpha value is -2.51. The van der Waals surface area contributed by atoms with Crippen LogP contribution >= 0.6 is 11.3 Å². The zero-order valence-electron chi connectivity index (χ0n) is 16.7. The van der Waals surface area contributed by atoms with Crippen LogP contribution in [-0.4, -0.2) is 40.0 Å². The van der Waals surface area contributed by atoms with Crippen LogP contribution in [0.3, 0.4) is 0 Å². The molecule has 1 aliphatic heterocycles. The molecule has 3 aromatic rings. The molecule has 1 amide bonds. The molecule has 1 atom stereocenters. The minimum atomic E-state index is -0.185. The number of H-pyrrole nitrogens is 1. The predicted molar refractivity (Wildman–Crippen MR) is 115 cm³/mol. The number of benzene rings is 1. The van der Waals surface area contributed by atoms with Crippen molar-refractivity contribution >= 4 is 28.1 Å². The number of para-hydroxylation sites is 1. The number of aromatic nitrogens is 2. The molecule has 0 saturated carbocycles. The number of thiophene rings is 1. The highest BCUT2D eigenvalue weighted by Crippen LogP contribution is 2.25. The van der Waals surface area contributed by atoms with Crippen molar-refractivity contribution in [1.29, 1.82) is 0 Å². The highest BCUT2D eigenvalue weighted by molar-refractivity contribution is 7.14. The first-order chi connectivity index (χ1) is 14.0. The molecular formula is C22H25N3O3S. The monoisotopic (exact) mass is 411 g/mol. The average Bonchev–Trinajstić information content (AvgIpc) is 3.36. The molecule has 6 nitrogen and oxygen atoms in total. The number of nitrogens with one attached hydrogen (secondary N) is 1. The normalized spacial score (nSPS) is 16.4. The molecule has 0 radical (unpaired) electrons. The van der Waals surface area contributed by atoms with Gasteiger partial charge in [-0.15, -0.1) is 11.3 Å². The summed E-state index contributed by atoms with van der Waals surface area (Å²) in [7, 11) is 0. The van der Waals surface area contributed by atoms with Gasteiger partial charge in [-0.2, -0.15) is 0 Å². The lowest BCUT2D eigenvalue weighted by molar-refractivity contribution is 0.0505. The highest BCUT2D eigenvalue weighted by Gasteiger charge is 2.26. The zero-order valence-corrected chi connectivity index (χ0v) is 17.6. The van der Waals surface area contributed by atoms with E-state index in [0.29, 0.717) is 23.3 Å². The number of ether oxygens (including phenoxy) is 1.